The van der Waals surface area contributed by atoms with Crippen molar-refractivity contribution in [3.05, 3.63) is 23.8 Å². The minimum atomic E-state index is -0.0434. The van der Waals surface area contributed by atoms with E-state index in [1.165, 1.54) is 0 Å². The van der Waals surface area contributed by atoms with E-state index >= 15 is 0 Å². The Balaban J connectivity index is 2.64. The van der Waals surface area contributed by atoms with Crippen LogP contribution >= 0.6 is 22.6 Å². The quantitative estimate of drug-likeness (QED) is 0.511. The van der Waals surface area contributed by atoms with Gasteiger partial charge in [0, 0.05) is 29.1 Å². The topological polar surface area (TPSA) is 47.6 Å². The van der Waals surface area contributed by atoms with Gasteiger partial charge in [-0.1, -0.05) is 6.07 Å². The van der Waals surface area contributed by atoms with E-state index in [2.05, 4.69) is 5.32 Å². The molecule has 0 saturated carbocycles. The van der Waals surface area contributed by atoms with Crippen molar-refractivity contribution < 1.29 is 14.3 Å². The van der Waals surface area contributed by atoms with E-state index in [0.29, 0.717) is 18.0 Å². The van der Waals surface area contributed by atoms with E-state index in [0.717, 1.165) is 12.0 Å². The van der Waals surface area contributed by atoms with Crippen molar-refractivity contribution in [2.24, 2.45) is 0 Å². The highest BCUT2D eigenvalue weighted by molar-refractivity contribution is 14.1. The van der Waals surface area contributed by atoms with Gasteiger partial charge in [0.1, 0.15) is 0 Å². The van der Waals surface area contributed by atoms with Crippen molar-refractivity contribution in [3.8, 4) is 11.5 Å². The van der Waals surface area contributed by atoms with E-state index < -0.39 is 0 Å². The molecule has 0 saturated heterocycles. The molecule has 0 aromatic heterocycles. The molecule has 1 aromatic carbocycles. The van der Waals surface area contributed by atoms with Gasteiger partial charge in [0.15, 0.2) is 11.5 Å². The van der Waals surface area contributed by atoms with Crippen molar-refractivity contribution in [1.29, 1.82) is 0 Å². The highest BCUT2D eigenvalue weighted by Gasteiger charge is 2.04. The summed E-state index contributed by atoms with van der Waals surface area (Å²) in [4.78, 5) is 10.7. The molecule has 0 fully saturated rings. The molecule has 0 heterocycles. The fourth-order valence-corrected chi connectivity index (χ4v) is 1.61. The second-order valence-corrected chi connectivity index (χ2v) is 4.12. The Morgan fingerprint density at radius 1 is 1.31 bits per heavy atom. The first-order valence-corrected chi connectivity index (χ1v) is 5.89. The number of nitrogens with one attached hydrogen (secondary N) is 1. The smallest absolute Gasteiger partial charge is 0.280 e. The van der Waals surface area contributed by atoms with E-state index in [4.69, 9.17) is 9.47 Å². The number of rotatable bonds is 5. The number of hydrogen-bond donors (Lipinski definition) is 1. The molecule has 0 radical (unpaired) electrons. The number of halogens is 1. The summed E-state index contributed by atoms with van der Waals surface area (Å²) in [5.74, 6) is 1.42. The van der Waals surface area contributed by atoms with Crippen molar-refractivity contribution in [2.75, 3.05) is 20.8 Å². The molecule has 0 aliphatic rings. The zero-order valence-corrected chi connectivity index (χ0v) is 11.4. The Labute approximate surface area is 108 Å². The summed E-state index contributed by atoms with van der Waals surface area (Å²) < 4.78 is 10.3. The summed E-state index contributed by atoms with van der Waals surface area (Å²) in [6.07, 6.45) is 0.773. The molecule has 1 N–H and O–H groups in total. The average Bonchev–Trinajstić information content (AvgIpc) is 2.28. The molecule has 1 rings (SSSR count). The van der Waals surface area contributed by atoms with Crippen molar-refractivity contribution >= 4 is 26.5 Å². The van der Waals surface area contributed by atoms with Gasteiger partial charge in [-0.25, -0.2) is 0 Å². The third-order valence-electron chi connectivity index (χ3n) is 2.13. The fourth-order valence-electron chi connectivity index (χ4n) is 1.34. The minimum Gasteiger partial charge on any atom is -0.493 e. The molecule has 88 valence electrons. The summed E-state index contributed by atoms with van der Waals surface area (Å²) >= 11 is 1.72. The van der Waals surface area contributed by atoms with Crippen LogP contribution in [-0.4, -0.2) is 24.7 Å². The fraction of sp³-hybridized carbons (Fsp3) is 0.364. The Morgan fingerprint density at radius 2 is 2.00 bits per heavy atom. The first-order valence-electron chi connectivity index (χ1n) is 4.81. The van der Waals surface area contributed by atoms with E-state index in [1.54, 1.807) is 36.8 Å². The van der Waals surface area contributed by atoms with Gasteiger partial charge < -0.3 is 14.8 Å². The first-order chi connectivity index (χ1) is 7.67. The lowest BCUT2D eigenvalue weighted by atomic mass is 10.1. The molecular weight excluding hydrogens is 321 g/mol. The molecule has 1 aromatic rings. The van der Waals surface area contributed by atoms with Crippen LogP contribution in [0.5, 0.6) is 11.5 Å². The molecule has 0 bridgehead atoms. The molecule has 1 amide bonds. The number of hydrogen-bond acceptors (Lipinski definition) is 3. The van der Waals surface area contributed by atoms with Crippen LogP contribution in [0.15, 0.2) is 18.2 Å². The average molecular weight is 335 g/mol. The highest BCUT2D eigenvalue weighted by Crippen LogP contribution is 2.27. The van der Waals surface area contributed by atoms with E-state index in [1.807, 2.05) is 18.2 Å². The van der Waals surface area contributed by atoms with Crippen LogP contribution in [0, 0.1) is 0 Å². The number of amides is 1. The first kappa shape index (κ1) is 13.1. The Kier molecular flexibility index (Phi) is 5.37. The maximum absolute atomic E-state index is 10.7. The minimum absolute atomic E-state index is 0.0434. The number of methoxy groups -OCH3 is 2. The van der Waals surface area contributed by atoms with Crippen LogP contribution in [0.2, 0.25) is 0 Å². The third kappa shape index (κ3) is 3.88. The predicted molar refractivity (Wildman–Crippen MR) is 70.7 cm³/mol. The van der Waals surface area contributed by atoms with Gasteiger partial charge in [-0.3, -0.25) is 4.79 Å². The van der Waals surface area contributed by atoms with Crippen LogP contribution in [0.25, 0.3) is 0 Å². The number of carbonyl (C=O) groups excluding carboxylic acids is 1. The van der Waals surface area contributed by atoms with Crippen LogP contribution in [0.3, 0.4) is 0 Å². The summed E-state index contributed by atoms with van der Waals surface area (Å²) in [6, 6.07) is 5.74. The molecule has 0 aliphatic carbocycles. The van der Waals surface area contributed by atoms with Crippen LogP contribution in [0.4, 0.5) is 4.79 Å². The zero-order valence-electron chi connectivity index (χ0n) is 9.25. The maximum atomic E-state index is 10.7. The molecule has 4 nitrogen and oxygen atoms in total. The molecule has 0 atom stereocenters. The van der Waals surface area contributed by atoms with Gasteiger partial charge >= 0.3 is 0 Å². The van der Waals surface area contributed by atoms with Crippen LogP contribution in [0.1, 0.15) is 5.56 Å². The standard InChI is InChI=1S/C11H14INO3/c1-15-9-4-3-8(7-10(9)16-2)5-6-13-11(12)14/h3-4,7H,5-6H2,1-2H3,(H,13,14). The molecule has 0 unspecified atom stereocenters. The van der Waals surface area contributed by atoms with Gasteiger partial charge in [0.25, 0.3) is 3.91 Å². The van der Waals surface area contributed by atoms with Gasteiger partial charge in [-0.05, 0) is 24.1 Å². The van der Waals surface area contributed by atoms with Crippen molar-refractivity contribution in [3.63, 3.8) is 0 Å². The van der Waals surface area contributed by atoms with E-state index in [9.17, 15) is 4.79 Å². The second kappa shape index (κ2) is 6.57. The zero-order chi connectivity index (χ0) is 12.0. The Morgan fingerprint density at radius 3 is 2.56 bits per heavy atom. The molecule has 0 aliphatic heterocycles. The third-order valence-corrected chi connectivity index (χ3v) is 2.51. The molecule has 5 heteroatoms. The number of ether oxygens (including phenoxy) is 2. The lowest BCUT2D eigenvalue weighted by Gasteiger charge is -2.09. The van der Waals surface area contributed by atoms with Crippen LogP contribution < -0.4 is 14.8 Å². The van der Waals surface area contributed by atoms with Crippen LogP contribution in [-0.2, 0) is 6.42 Å². The summed E-state index contributed by atoms with van der Waals surface area (Å²) in [5, 5.41) is 2.74. The Hall–Kier alpha value is -0.980. The predicted octanol–water partition coefficient (Wildman–Crippen LogP) is 2.39. The normalized spacial score (nSPS) is 9.69. The lowest BCUT2D eigenvalue weighted by Crippen LogP contribution is -2.18. The van der Waals surface area contributed by atoms with Gasteiger partial charge in [-0.15, -0.1) is 0 Å². The maximum Gasteiger partial charge on any atom is 0.280 e. The molecule has 16 heavy (non-hydrogen) atoms. The number of benzene rings is 1. The second-order valence-electron chi connectivity index (χ2n) is 3.14. The number of carbonyl (C=O) groups is 1. The van der Waals surface area contributed by atoms with Gasteiger partial charge in [0.05, 0.1) is 14.2 Å². The molecule has 0 spiro atoms. The highest BCUT2D eigenvalue weighted by atomic mass is 127. The summed E-state index contributed by atoms with van der Waals surface area (Å²) in [7, 11) is 3.21. The largest absolute Gasteiger partial charge is 0.493 e. The van der Waals surface area contributed by atoms with Gasteiger partial charge in [-0.2, -0.15) is 0 Å². The summed E-state index contributed by atoms with van der Waals surface area (Å²) in [6.45, 7) is 0.622. The Bertz CT molecular complexity index is 368. The van der Waals surface area contributed by atoms with Crippen molar-refractivity contribution in [2.45, 2.75) is 6.42 Å². The summed E-state index contributed by atoms with van der Waals surface area (Å²) in [5.41, 5.74) is 1.10. The van der Waals surface area contributed by atoms with Crippen molar-refractivity contribution in [1.82, 2.24) is 5.32 Å². The lowest BCUT2D eigenvalue weighted by molar-refractivity contribution is 0.263. The SMILES string of the molecule is COc1ccc(CCNC(=O)I)cc1OC. The monoisotopic (exact) mass is 335 g/mol. The van der Waals surface area contributed by atoms with E-state index in [-0.39, 0.29) is 3.91 Å². The van der Waals surface area contributed by atoms with Gasteiger partial charge in [0.2, 0.25) is 0 Å². The molecular formula is C11H14INO3.